The third-order valence-electron chi connectivity index (χ3n) is 0.784. The van der Waals surface area contributed by atoms with Crippen LogP contribution in [0.3, 0.4) is 0 Å². The van der Waals surface area contributed by atoms with Crippen molar-refractivity contribution in [1.82, 2.24) is 0 Å². The number of methoxy groups -OCH3 is 1. The average Bonchev–Trinajstić information content (AvgIpc) is 1.93. The smallest absolute Gasteiger partial charge is 0.174 e. The van der Waals surface area contributed by atoms with E-state index in [1.165, 1.54) is 0 Å². The second-order valence-electron chi connectivity index (χ2n) is 1.44. The maximum Gasteiger partial charge on any atom is 0.174 e. The summed E-state index contributed by atoms with van der Waals surface area (Å²) in [6.45, 7) is 6.60. The van der Waals surface area contributed by atoms with E-state index in [4.69, 9.17) is 10.1 Å². The van der Waals surface area contributed by atoms with Crippen molar-refractivity contribution in [2.24, 2.45) is 0 Å². The normalized spacial score (nSPS) is 7.56. The van der Waals surface area contributed by atoms with E-state index in [1.54, 1.807) is 7.11 Å². The maximum absolute atomic E-state index is 5.38. The highest BCUT2D eigenvalue weighted by atomic mass is 16.5. The highest BCUT2D eigenvalue weighted by molar-refractivity contribution is 5.79. The van der Waals surface area contributed by atoms with Crippen LogP contribution >= 0.6 is 0 Å². The Bertz CT molecular complexity index is 61.9. The summed E-state index contributed by atoms with van der Waals surface area (Å²) in [7, 11) is 1.64. The molecule has 0 saturated carbocycles. The molecule has 56 valence electrons. The molecule has 0 aromatic heterocycles. The van der Waals surface area contributed by atoms with E-state index in [0.29, 0.717) is 6.61 Å². The molecule has 9 heavy (non-hydrogen) atoms. The lowest BCUT2D eigenvalue weighted by Gasteiger charge is -1.88. The van der Waals surface area contributed by atoms with Crippen molar-refractivity contribution in [3.8, 4) is 0 Å². The Kier molecular flexibility index (Phi) is 13.4. The van der Waals surface area contributed by atoms with Crippen LogP contribution in [0.15, 0.2) is 0 Å². The fourth-order valence-electron chi connectivity index (χ4n) is 0.287. The van der Waals surface area contributed by atoms with E-state index >= 15 is 0 Å². The van der Waals surface area contributed by atoms with Gasteiger partial charge in [-0.1, -0.05) is 20.8 Å². The van der Waals surface area contributed by atoms with Crippen molar-refractivity contribution in [2.75, 3.05) is 13.7 Å². The maximum atomic E-state index is 5.38. The fraction of sp³-hybridized carbons (Fsp3) is 0.857. The molecule has 0 radical (unpaired) electrons. The lowest BCUT2D eigenvalue weighted by Crippen LogP contribution is -2.41. The Morgan fingerprint density at radius 1 is 1.44 bits per heavy atom. The predicted molar refractivity (Wildman–Crippen MR) is 40.4 cm³/mol. The summed E-state index contributed by atoms with van der Waals surface area (Å²) in [6, 6.07) is 0. The Labute approximate surface area is 57.7 Å². The van der Waals surface area contributed by atoms with Crippen LogP contribution in [0, 0.1) is 0 Å². The Hall–Kier alpha value is -0.370. The van der Waals surface area contributed by atoms with Gasteiger partial charge in [-0.3, -0.25) is 5.41 Å². The SMILES string of the molecule is CC.CCC(=[NH2+])COC. The summed E-state index contributed by atoms with van der Waals surface area (Å²) in [5.74, 6) is 0. The van der Waals surface area contributed by atoms with Gasteiger partial charge in [0, 0.05) is 13.5 Å². The van der Waals surface area contributed by atoms with Crippen molar-refractivity contribution >= 4 is 5.71 Å². The highest BCUT2D eigenvalue weighted by Gasteiger charge is 1.93. The molecule has 0 aliphatic heterocycles. The van der Waals surface area contributed by atoms with Gasteiger partial charge >= 0.3 is 0 Å². The van der Waals surface area contributed by atoms with E-state index in [1.807, 2.05) is 20.8 Å². The summed E-state index contributed by atoms with van der Waals surface area (Å²) in [5.41, 5.74) is 0.905. The molecule has 0 atom stereocenters. The topological polar surface area (TPSA) is 34.8 Å². The summed E-state index contributed by atoms with van der Waals surface area (Å²) >= 11 is 0. The number of rotatable bonds is 3. The van der Waals surface area contributed by atoms with Gasteiger partial charge in [-0.05, 0) is 0 Å². The zero-order chi connectivity index (χ0) is 7.70. The standard InChI is InChI=1S/C5H11NO.C2H6/c1-3-5(6)4-7-2;1-2/h6H,3-4H2,1-2H3;1-2H3/p+1. The molecule has 0 heterocycles. The molecule has 0 amide bonds. The van der Waals surface area contributed by atoms with Gasteiger partial charge in [0.25, 0.3) is 0 Å². The molecule has 0 saturated heterocycles. The minimum Gasteiger partial charge on any atom is -0.374 e. The van der Waals surface area contributed by atoms with Crippen molar-refractivity contribution in [1.29, 1.82) is 0 Å². The van der Waals surface area contributed by atoms with E-state index in [2.05, 4.69) is 0 Å². The molecule has 0 rings (SSSR count). The molecular formula is C7H18NO+. The van der Waals surface area contributed by atoms with Gasteiger partial charge < -0.3 is 4.74 Å². The number of hydrogen-bond acceptors (Lipinski definition) is 1. The van der Waals surface area contributed by atoms with Crippen LogP contribution < -0.4 is 5.41 Å². The van der Waals surface area contributed by atoms with E-state index in [9.17, 15) is 0 Å². The first kappa shape index (κ1) is 11.4. The summed E-state index contributed by atoms with van der Waals surface area (Å²) in [5, 5.41) is 5.38. The summed E-state index contributed by atoms with van der Waals surface area (Å²) in [6.07, 6.45) is 0.911. The molecule has 2 N–H and O–H groups in total. The zero-order valence-electron chi connectivity index (χ0n) is 6.90. The Morgan fingerprint density at radius 2 is 1.89 bits per heavy atom. The van der Waals surface area contributed by atoms with Crippen LogP contribution in [0.2, 0.25) is 0 Å². The first-order chi connectivity index (χ1) is 4.31. The molecule has 0 aliphatic carbocycles. The van der Waals surface area contributed by atoms with Crippen molar-refractivity contribution in [3.63, 3.8) is 0 Å². The molecule has 0 bridgehead atoms. The summed E-state index contributed by atoms with van der Waals surface area (Å²) < 4.78 is 4.73. The molecule has 0 spiro atoms. The molecule has 0 unspecified atom stereocenters. The lowest BCUT2D eigenvalue weighted by molar-refractivity contribution is -0.122. The minimum atomic E-state index is 0.594. The van der Waals surface area contributed by atoms with E-state index < -0.39 is 0 Å². The van der Waals surface area contributed by atoms with Crippen LogP contribution in [-0.2, 0) is 4.74 Å². The third-order valence-corrected chi connectivity index (χ3v) is 0.784. The van der Waals surface area contributed by atoms with Crippen LogP contribution in [-0.4, -0.2) is 19.4 Å². The third kappa shape index (κ3) is 11.3. The highest BCUT2D eigenvalue weighted by Crippen LogP contribution is 1.74. The Balaban J connectivity index is 0. The molecule has 0 aromatic rings. The first-order valence-corrected chi connectivity index (χ1v) is 3.40. The quantitative estimate of drug-likeness (QED) is 0.550. The van der Waals surface area contributed by atoms with Crippen molar-refractivity contribution in [3.05, 3.63) is 0 Å². The van der Waals surface area contributed by atoms with Crippen LogP contribution in [0.4, 0.5) is 0 Å². The summed E-state index contributed by atoms with van der Waals surface area (Å²) in [4.78, 5) is 0. The van der Waals surface area contributed by atoms with Gasteiger partial charge in [0.2, 0.25) is 0 Å². The molecule has 0 fully saturated rings. The fourth-order valence-corrected chi connectivity index (χ4v) is 0.287. The van der Waals surface area contributed by atoms with Gasteiger partial charge in [0.05, 0.1) is 0 Å². The van der Waals surface area contributed by atoms with Gasteiger partial charge in [-0.2, -0.15) is 0 Å². The Morgan fingerprint density at radius 3 is 2.00 bits per heavy atom. The van der Waals surface area contributed by atoms with Crippen LogP contribution in [0.5, 0.6) is 0 Å². The molecule has 0 aliphatic rings. The van der Waals surface area contributed by atoms with Gasteiger partial charge in [0.15, 0.2) is 5.71 Å². The second-order valence-corrected chi connectivity index (χ2v) is 1.44. The van der Waals surface area contributed by atoms with Gasteiger partial charge in [0.1, 0.15) is 6.61 Å². The van der Waals surface area contributed by atoms with Crippen molar-refractivity contribution < 1.29 is 10.1 Å². The van der Waals surface area contributed by atoms with E-state index in [0.717, 1.165) is 12.1 Å². The molecular weight excluding hydrogens is 114 g/mol. The average molecular weight is 132 g/mol. The van der Waals surface area contributed by atoms with E-state index in [-0.39, 0.29) is 0 Å². The number of nitrogens with two attached hydrogens (primary N) is 1. The lowest BCUT2D eigenvalue weighted by atomic mass is 10.3. The second kappa shape index (κ2) is 10.6. The number of ether oxygens (including phenoxy) is 1. The van der Waals surface area contributed by atoms with Crippen molar-refractivity contribution in [2.45, 2.75) is 27.2 Å². The first-order valence-electron chi connectivity index (χ1n) is 3.40. The molecule has 2 nitrogen and oxygen atoms in total. The minimum absolute atomic E-state index is 0.594. The van der Waals surface area contributed by atoms with Gasteiger partial charge in [-0.15, -0.1) is 0 Å². The molecule has 2 heteroatoms. The predicted octanol–water partition coefficient (Wildman–Crippen LogP) is 0.269. The monoisotopic (exact) mass is 132 g/mol. The van der Waals surface area contributed by atoms with Crippen LogP contribution in [0.1, 0.15) is 27.2 Å². The van der Waals surface area contributed by atoms with Gasteiger partial charge in [-0.25, -0.2) is 0 Å². The number of hydrogen-bond donors (Lipinski definition) is 1. The zero-order valence-corrected chi connectivity index (χ0v) is 6.90. The van der Waals surface area contributed by atoms with Crippen LogP contribution in [0.25, 0.3) is 0 Å². The largest absolute Gasteiger partial charge is 0.374 e. The molecule has 0 aromatic carbocycles.